The van der Waals surface area contributed by atoms with Crippen LogP contribution < -0.4 is 5.32 Å². The van der Waals surface area contributed by atoms with E-state index in [1.54, 1.807) is 39.1 Å². The summed E-state index contributed by atoms with van der Waals surface area (Å²) < 4.78 is 17.0. The summed E-state index contributed by atoms with van der Waals surface area (Å²) in [5.41, 5.74) is 0.722. The second-order valence-electron chi connectivity index (χ2n) is 11.9. The fourth-order valence-electron chi connectivity index (χ4n) is 4.75. The fraction of sp³-hybridized carbons (Fsp3) is 0.545. The Kier molecular flexibility index (Phi) is 12.8. The highest BCUT2D eigenvalue weighted by atomic mass is 16.6. The molecule has 1 fully saturated rings. The second kappa shape index (κ2) is 15.6. The number of Topliss-reactive ketones (excluding diaryl/α,β-unsaturated/α-hetero) is 2. The van der Waals surface area contributed by atoms with Crippen LogP contribution in [-0.4, -0.2) is 60.8 Å². The molecule has 0 spiro atoms. The van der Waals surface area contributed by atoms with Crippen molar-refractivity contribution in [2.75, 3.05) is 19.8 Å². The summed E-state index contributed by atoms with van der Waals surface area (Å²) in [4.78, 5) is 55.6. The lowest BCUT2D eigenvalue weighted by Gasteiger charge is -2.32. The van der Waals surface area contributed by atoms with Crippen LogP contribution in [-0.2, 0) is 28.6 Å². The number of allylic oxidation sites excluding steroid dienone is 6. The number of nitrogens with zero attached hydrogens (tertiary/aromatic N) is 1. The van der Waals surface area contributed by atoms with Crippen LogP contribution in [0.4, 0.5) is 4.79 Å². The SMILES string of the molecule is C=CC1=C(C=C)N=CC(/C=C/CO[C@@]2(C)CCC(=O)C(C)C(=O)OCC(C)(C)OC(=O)NCC(C)C(=O)[C@H](C)C2)=CC1. The molecule has 0 aromatic rings. The number of amides is 1. The first-order valence-corrected chi connectivity index (χ1v) is 14.4. The lowest BCUT2D eigenvalue weighted by Crippen LogP contribution is -2.41. The van der Waals surface area contributed by atoms with Crippen molar-refractivity contribution in [2.24, 2.45) is 22.7 Å². The second-order valence-corrected chi connectivity index (χ2v) is 11.9. The molecule has 1 N–H and O–H groups in total. The highest BCUT2D eigenvalue weighted by Crippen LogP contribution is 2.29. The molecule has 0 aromatic heterocycles. The number of rotatable bonds is 6. The summed E-state index contributed by atoms with van der Waals surface area (Å²) in [6.07, 6.45) is 11.7. The van der Waals surface area contributed by atoms with Crippen LogP contribution in [0.1, 0.15) is 67.2 Å². The first-order chi connectivity index (χ1) is 19.7. The minimum atomic E-state index is -1.12. The molecule has 230 valence electrons. The van der Waals surface area contributed by atoms with E-state index in [1.807, 2.05) is 32.1 Å². The Morgan fingerprint density at radius 3 is 2.48 bits per heavy atom. The molecule has 0 bridgehead atoms. The molecule has 0 radical (unpaired) electrons. The molecular formula is C33H46N2O7. The minimum absolute atomic E-state index is 0.0363. The zero-order valence-corrected chi connectivity index (χ0v) is 25.9. The van der Waals surface area contributed by atoms with E-state index in [9.17, 15) is 19.2 Å². The molecule has 2 rings (SSSR count). The van der Waals surface area contributed by atoms with Gasteiger partial charge in [-0.2, -0.15) is 0 Å². The molecule has 4 atom stereocenters. The smallest absolute Gasteiger partial charge is 0.407 e. The Balaban J connectivity index is 2.20. The summed E-state index contributed by atoms with van der Waals surface area (Å²) in [5, 5.41) is 2.62. The topological polar surface area (TPSA) is 120 Å². The first-order valence-electron chi connectivity index (χ1n) is 14.4. The lowest BCUT2D eigenvalue weighted by atomic mass is 9.82. The molecule has 0 saturated carbocycles. The van der Waals surface area contributed by atoms with Crippen LogP contribution in [0.2, 0.25) is 0 Å². The van der Waals surface area contributed by atoms with Gasteiger partial charge in [-0.1, -0.05) is 51.3 Å². The predicted molar refractivity (Wildman–Crippen MR) is 163 cm³/mol. The number of alkyl carbamates (subject to hydrolysis) is 1. The number of ketones is 2. The summed E-state index contributed by atoms with van der Waals surface area (Å²) in [5.74, 6) is -2.88. The Morgan fingerprint density at radius 1 is 1.10 bits per heavy atom. The zero-order chi connectivity index (χ0) is 31.5. The Morgan fingerprint density at radius 2 is 1.81 bits per heavy atom. The van der Waals surface area contributed by atoms with Gasteiger partial charge in [0, 0.05) is 31.0 Å². The van der Waals surface area contributed by atoms with Gasteiger partial charge in [0.15, 0.2) is 0 Å². The molecule has 2 unspecified atom stereocenters. The maximum atomic E-state index is 13.2. The number of hydrogen-bond acceptors (Lipinski definition) is 8. The Hall–Kier alpha value is -3.59. The highest BCUT2D eigenvalue weighted by molar-refractivity contribution is 5.98. The van der Waals surface area contributed by atoms with E-state index in [1.165, 1.54) is 6.92 Å². The quantitative estimate of drug-likeness (QED) is 0.319. The average Bonchev–Trinajstić information content (AvgIpc) is 3.15. The Labute approximate surface area is 249 Å². The van der Waals surface area contributed by atoms with E-state index >= 15 is 0 Å². The van der Waals surface area contributed by atoms with Gasteiger partial charge in [0.2, 0.25) is 0 Å². The number of carbonyl (C=O) groups excluding carboxylic acids is 4. The van der Waals surface area contributed by atoms with Crippen LogP contribution in [0.5, 0.6) is 0 Å². The number of nitrogens with one attached hydrogen (secondary N) is 1. The van der Waals surface area contributed by atoms with Crippen LogP contribution >= 0.6 is 0 Å². The fourth-order valence-corrected chi connectivity index (χ4v) is 4.75. The van der Waals surface area contributed by atoms with E-state index in [2.05, 4.69) is 23.5 Å². The van der Waals surface area contributed by atoms with Crippen molar-refractivity contribution in [2.45, 2.75) is 78.4 Å². The number of ether oxygens (including phenoxy) is 3. The van der Waals surface area contributed by atoms with Gasteiger partial charge < -0.3 is 19.5 Å². The molecule has 2 aliphatic rings. The van der Waals surface area contributed by atoms with E-state index in [4.69, 9.17) is 14.2 Å². The number of carbonyl (C=O) groups is 4. The van der Waals surface area contributed by atoms with Crippen molar-refractivity contribution >= 4 is 29.8 Å². The van der Waals surface area contributed by atoms with Gasteiger partial charge >= 0.3 is 12.1 Å². The van der Waals surface area contributed by atoms with E-state index in [0.29, 0.717) is 19.3 Å². The monoisotopic (exact) mass is 582 g/mol. The molecule has 2 heterocycles. The maximum Gasteiger partial charge on any atom is 0.407 e. The highest BCUT2D eigenvalue weighted by Gasteiger charge is 2.35. The molecule has 1 amide bonds. The maximum absolute atomic E-state index is 13.2. The molecule has 2 aliphatic heterocycles. The van der Waals surface area contributed by atoms with Gasteiger partial charge in [-0.25, -0.2) is 4.79 Å². The largest absolute Gasteiger partial charge is 0.461 e. The third kappa shape index (κ3) is 10.7. The van der Waals surface area contributed by atoms with Crippen molar-refractivity contribution in [3.63, 3.8) is 0 Å². The van der Waals surface area contributed by atoms with Crippen molar-refractivity contribution in [3.8, 4) is 0 Å². The number of hydrogen-bond donors (Lipinski definition) is 1. The molecule has 42 heavy (non-hydrogen) atoms. The molecule has 9 heteroatoms. The van der Waals surface area contributed by atoms with Gasteiger partial charge in [0.25, 0.3) is 0 Å². The van der Waals surface area contributed by atoms with E-state index in [-0.39, 0.29) is 37.7 Å². The zero-order valence-electron chi connectivity index (χ0n) is 25.9. The molecule has 9 nitrogen and oxygen atoms in total. The minimum Gasteiger partial charge on any atom is -0.461 e. The number of esters is 1. The molecule has 1 saturated heterocycles. The van der Waals surface area contributed by atoms with E-state index < -0.39 is 41.0 Å². The van der Waals surface area contributed by atoms with Crippen LogP contribution in [0.3, 0.4) is 0 Å². The summed E-state index contributed by atoms with van der Waals surface area (Å²) >= 11 is 0. The van der Waals surface area contributed by atoms with Gasteiger partial charge in [0.05, 0.1) is 17.9 Å². The van der Waals surface area contributed by atoms with E-state index in [0.717, 1.165) is 16.8 Å². The van der Waals surface area contributed by atoms with Crippen LogP contribution in [0, 0.1) is 17.8 Å². The van der Waals surface area contributed by atoms with Gasteiger partial charge in [-0.15, -0.1) is 0 Å². The third-order valence-electron chi connectivity index (χ3n) is 7.45. The standard InChI is InChI=1S/C33H46N2O7/c1-9-26-14-13-25(20-34-27(26)10-2)12-11-17-41-33(8)16-15-28(36)24(5)30(38)40-21-32(6,7)42-31(39)35-19-23(4)29(37)22(3)18-33/h9-13,20,22-24H,1-2,14-19,21H2,3-8H3,(H,35,39)/b12-11+/t22-,23?,24?,33+/m1/s1. The molecular weight excluding hydrogens is 536 g/mol. The normalized spacial score (nSPS) is 28.7. The lowest BCUT2D eigenvalue weighted by molar-refractivity contribution is -0.157. The van der Waals surface area contributed by atoms with Crippen molar-refractivity contribution in [1.82, 2.24) is 5.32 Å². The molecule has 0 aliphatic carbocycles. The summed E-state index contributed by atoms with van der Waals surface area (Å²) in [6.45, 7) is 17.9. The summed E-state index contributed by atoms with van der Waals surface area (Å²) in [6, 6.07) is 0. The number of aliphatic imine (C=N–C) groups is 1. The Bertz CT molecular complexity index is 1180. The van der Waals surface area contributed by atoms with Gasteiger partial charge in [-0.3, -0.25) is 19.4 Å². The third-order valence-corrected chi connectivity index (χ3v) is 7.45. The number of cyclic esters (lactones) is 2. The van der Waals surface area contributed by atoms with Crippen LogP contribution in [0.25, 0.3) is 0 Å². The predicted octanol–water partition coefficient (Wildman–Crippen LogP) is 5.62. The average molecular weight is 583 g/mol. The van der Waals surface area contributed by atoms with Crippen LogP contribution in [0.15, 0.2) is 65.4 Å². The first kappa shape index (κ1) is 34.6. The van der Waals surface area contributed by atoms with Crippen molar-refractivity contribution in [3.05, 3.63) is 60.4 Å². The van der Waals surface area contributed by atoms with Crippen molar-refractivity contribution in [1.29, 1.82) is 0 Å². The van der Waals surface area contributed by atoms with Crippen molar-refractivity contribution < 1.29 is 33.4 Å². The molecule has 0 aromatic carbocycles. The van der Waals surface area contributed by atoms with Gasteiger partial charge in [-0.05, 0) is 64.2 Å². The summed E-state index contributed by atoms with van der Waals surface area (Å²) in [7, 11) is 0. The van der Waals surface area contributed by atoms with Gasteiger partial charge in [0.1, 0.15) is 29.7 Å².